The highest BCUT2D eigenvalue weighted by Crippen LogP contribution is 2.46. The molecule has 2 aliphatic rings. The maximum Gasteiger partial charge on any atom is 0.333 e. The smallest absolute Gasteiger partial charge is 0.333 e. The molecule has 3 rings (SSSR count). The second-order valence-electron chi connectivity index (χ2n) is 6.37. The second kappa shape index (κ2) is 5.20. The van der Waals surface area contributed by atoms with E-state index in [-0.39, 0.29) is 32.9 Å². The Morgan fingerprint density at radius 3 is 2.00 bits per heavy atom. The maximum absolute atomic E-state index is 12.7. The lowest BCUT2D eigenvalue weighted by Crippen LogP contribution is -3.02. The average Bonchev–Trinajstić information content (AvgIpc) is 2.55. The van der Waals surface area contributed by atoms with Crippen molar-refractivity contribution in [1.29, 1.82) is 0 Å². The summed E-state index contributed by atoms with van der Waals surface area (Å²) in [4.78, 5) is 12.7. The van der Waals surface area contributed by atoms with Crippen molar-refractivity contribution in [1.82, 2.24) is 0 Å². The van der Waals surface area contributed by atoms with Gasteiger partial charge in [0.15, 0.2) is 11.4 Å². The van der Waals surface area contributed by atoms with Gasteiger partial charge in [0.1, 0.15) is 11.4 Å². The van der Waals surface area contributed by atoms with Crippen molar-refractivity contribution < 1.29 is 14.9 Å². The van der Waals surface area contributed by atoms with Crippen LogP contribution >= 0.6 is 0 Å². The molecule has 128 valence electrons. The van der Waals surface area contributed by atoms with E-state index in [9.17, 15) is 20.5 Å². The molecular weight excluding hydrogens is 312 g/mol. The molecule has 0 saturated heterocycles. The summed E-state index contributed by atoms with van der Waals surface area (Å²) in [5.74, 6) is 0. The number of quaternary nitrogens is 2. The summed E-state index contributed by atoms with van der Waals surface area (Å²) in [7, 11) is 0. The largest absolute Gasteiger partial charge is 0.754 e. The van der Waals surface area contributed by atoms with Crippen molar-refractivity contribution in [3.8, 4) is 0 Å². The fourth-order valence-electron chi connectivity index (χ4n) is 3.37. The topological polar surface area (TPSA) is 101 Å². The molecule has 1 aromatic rings. The number of nitrogens with zero attached hydrogens (tertiary/aromatic N) is 2. The summed E-state index contributed by atoms with van der Waals surface area (Å²) >= 11 is 0. The molecule has 2 unspecified atom stereocenters. The van der Waals surface area contributed by atoms with Crippen LogP contribution in [0, 0.1) is 34.4 Å². The number of benzene rings is 1. The minimum atomic E-state index is -0.275. The predicted octanol–water partition coefficient (Wildman–Crippen LogP) is 1.58. The Balaban J connectivity index is 2.44. The minimum Gasteiger partial charge on any atom is -0.754 e. The van der Waals surface area contributed by atoms with Crippen LogP contribution in [0.3, 0.4) is 0 Å². The molecule has 0 fully saturated rings. The molecule has 0 bridgehead atoms. The van der Waals surface area contributed by atoms with E-state index in [0.29, 0.717) is 43.7 Å². The van der Waals surface area contributed by atoms with E-state index in [1.807, 2.05) is 0 Å². The van der Waals surface area contributed by atoms with Crippen molar-refractivity contribution >= 4 is 22.7 Å². The fraction of sp³-hybridized carbons (Fsp3) is 0.375. The van der Waals surface area contributed by atoms with Gasteiger partial charge in [-0.15, -0.1) is 0 Å². The lowest BCUT2D eigenvalue weighted by Gasteiger charge is -2.43. The van der Waals surface area contributed by atoms with Gasteiger partial charge in [-0.1, -0.05) is 0 Å². The zero-order valence-corrected chi connectivity index (χ0v) is 14.5. The summed E-state index contributed by atoms with van der Waals surface area (Å²) in [5.41, 5.74) is 2.84. The van der Waals surface area contributed by atoms with Crippen LogP contribution in [-0.2, 0) is 0 Å². The van der Waals surface area contributed by atoms with E-state index in [4.69, 9.17) is 0 Å². The molecule has 0 spiro atoms. The van der Waals surface area contributed by atoms with Gasteiger partial charge in [-0.25, -0.2) is 0 Å². The normalized spacial score (nSPS) is 23.7. The molecule has 2 aliphatic heterocycles. The zero-order valence-electron chi connectivity index (χ0n) is 14.5. The lowest BCUT2D eigenvalue weighted by molar-refractivity contribution is -0.746. The van der Waals surface area contributed by atoms with Crippen molar-refractivity contribution in [2.24, 2.45) is 0 Å². The Bertz CT molecular complexity index is 856. The van der Waals surface area contributed by atoms with Gasteiger partial charge in [-0.2, -0.15) is 0 Å². The first-order valence-corrected chi connectivity index (χ1v) is 7.67. The first-order valence-electron chi connectivity index (χ1n) is 7.67. The van der Waals surface area contributed by atoms with Crippen LogP contribution in [0.5, 0.6) is 0 Å². The SMILES string of the molecule is CC1=C(C)[NH+]([O-])c2c(C)c3c(c(C)c2N1[O-])[NH+]([O-])C(C)=C(C)[N+]3=O. The molecular formula is C16H20N4O4. The van der Waals surface area contributed by atoms with Crippen LogP contribution in [0.2, 0.25) is 0 Å². The molecule has 0 amide bonds. The summed E-state index contributed by atoms with van der Waals surface area (Å²) in [6.07, 6.45) is 0. The Morgan fingerprint density at radius 1 is 0.875 bits per heavy atom. The van der Waals surface area contributed by atoms with E-state index in [0.717, 1.165) is 0 Å². The van der Waals surface area contributed by atoms with Gasteiger partial charge >= 0.3 is 5.69 Å². The Hall–Kier alpha value is -2.10. The first-order chi connectivity index (χ1) is 11.1. The second-order valence-corrected chi connectivity index (χ2v) is 6.37. The Kier molecular flexibility index (Phi) is 3.63. The molecule has 0 saturated carbocycles. The molecule has 2 N–H and O–H groups in total. The molecule has 2 heterocycles. The van der Waals surface area contributed by atoms with Crippen LogP contribution in [0.4, 0.5) is 22.7 Å². The third-order valence-electron chi connectivity index (χ3n) is 5.17. The fourth-order valence-corrected chi connectivity index (χ4v) is 3.37. The predicted molar refractivity (Wildman–Crippen MR) is 89.8 cm³/mol. The highest BCUT2D eigenvalue weighted by atomic mass is 16.5. The van der Waals surface area contributed by atoms with Gasteiger partial charge in [0.25, 0.3) is 5.70 Å². The van der Waals surface area contributed by atoms with Crippen LogP contribution < -0.4 is 15.2 Å². The van der Waals surface area contributed by atoms with E-state index in [2.05, 4.69) is 0 Å². The molecule has 0 radical (unpaired) electrons. The number of fused-ring (bicyclic) bond motifs is 2. The molecule has 2 atom stereocenters. The summed E-state index contributed by atoms with van der Waals surface area (Å²) in [6, 6.07) is 0. The van der Waals surface area contributed by atoms with E-state index in [1.165, 1.54) is 0 Å². The van der Waals surface area contributed by atoms with Crippen molar-refractivity contribution in [2.75, 3.05) is 5.06 Å². The monoisotopic (exact) mass is 332 g/mol. The number of hydroxylamine groups is 3. The highest BCUT2D eigenvalue weighted by molar-refractivity contribution is 5.85. The number of allylic oxidation sites excluding steroid dienone is 4. The number of nitroso groups, excluding NO2 is 1. The Labute approximate surface area is 139 Å². The molecule has 0 aromatic heterocycles. The van der Waals surface area contributed by atoms with Gasteiger partial charge < -0.3 is 25.7 Å². The van der Waals surface area contributed by atoms with Crippen LogP contribution in [0.15, 0.2) is 22.8 Å². The minimum absolute atomic E-state index is 0.174. The quantitative estimate of drug-likeness (QED) is 0.555. The molecule has 8 heteroatoms. The molecule has 1 aromatic carbocycles. The molecule has 0 aliphatic carbocycles. The summed E-state index contributed by atoms with van der Waals surface area (Å²) in [6.45, 7) is 9.57. The summed E-state index contributed by atoms with van der Waals surface area (Å²) in [5, 5.41) is 38.2. The van der Waals surface area contributed by atoms with Crippen LogP contribution in [0.25, 0.3) is 0 Å². The van der Waals surface area contributed by atoms with Crippen molar-refractivity contribution in [3.05, 3.63) is 54.4 Å². The number of hydrogen-bond donors (Lipinski definition) is 2. The maximum atomic E-state index is 12.7. The van der Waals surface area contributed by atoms with Gasteiger partial charge in [0.05, 0.1) is 16.0 Å². The van der Waals surface area contributed by atoms with Crippen LogP contribution in [0.1, 0.15) is 38.8 Å². The van der Waals surface area contributed by atoms with Crippen LogP contribution in [-0.4, -0.2) is 4.76 Å². The van der Waals surface area contributed by atoms with Crippen molar-refractivity contribution in [3.63, 3.8) is 0 Å². The number of rotatable bonds is 0. The third kappa shape index (κ3) is 1.86. The van der Waals surface area contributed by atoms with E-state index in [1.54, 1.807) is 41.5 Å². The first kappa shape index (κ1) is 16.7. The molecule has 8 nitrogen and oxygen atoms in total. The third-order valence-corrected chi connectivity index (χ3v) is 5.17. The number of anilines is 1. The van der Waals surface area contributed by atoms with E-state index < -0.39 is 0 Å². The number of hydrogen-bond acceptors (Lipinski definition) is 5. The van der Waals surface area contributed by atoms with Gasteiger partial charge in [-0.3, -0.25) is 5.06 Å². The van der Waals surface area contributed by atoms with Crippen molar-refractivity contribution in [2.45, 2.75) is 41.5 Å². The Morgan fingerprint density at radius 2 is 1.42 bits per heavy atom. The van der Waals surface area contributed by atoms with Gasteiger partial charge in [0, 0.05) is 31.2 Å². The number of nitrogens with one attached hydrogen (secondary N) is 2. The van der Waals surface area contributed by atoms with E-state index >= 15 is 0 Å². The molecule has 24 heavy (non-hydrogen) atoms. The lowest BCUT2D eigenvalue weighted by atomic mass is 9.97. The summed E-state index contributed by atoms with van der Waals surface area (Å²) < 4.78 is 0.692. The van der Waals surface area contributed by atoms with Gasteiger partial charge in [0.2, 0.25) is 5.69 Å². The standard InChI is InChI=1S/C16H20N4O4/c1-7-13-15(19(23)11(5)9(3)17(13)21)8(2)16-14(7)18(22)10(4)12(6)20(16)24/h17,20H,1-6H3. The highest BCUT2D eigenvalue weighted by Gasteiger charge is 2.44. The zero-order chi connectivity index (χ0) is 18.1. The average molecular weight is 332 g/mol. The van der Waals surface area contributed by atoms with Gasteiger partial charge in [-0.05, 0) is 20.8 Å².